The zero-order valence-corrected chi connectivity index (χ0v) is 6.41. The topological polar surface area (TPSA) is 3.88 Å². The van der Waals surface area contributed by atoms with Crippen LogP contribution in [-0.2, 0) is 0 Å². The standard InChI is InChI=1S/C9H12N/c1-9(2)8-10-6-4-3-5-7-10/h3-8H,1-2H3/q+1. The summed E-state index contributed by atoms with van der Waals surface area (Å²) in [4.78, 5) is 0. The quantitative estimate of drug-likeness (QED) is 0.516. The molecule has 0 aromatic carbocycles. The molecule has 1 heteroatoms. The second-order valence-electron chi connectivity index (χ2n) is 2.53. The minimum Gasteiger partial charge on any atom is -0.174 e. The predicted octanol–water partition coefficient (Wildman–Crippen LogP) is 1.85. The molecule has 0 atom stereocenters. The average Bonchev–Trinajstić information content (AvgIpc) is 1.88. The lowest BCUT2D eigenvalue weighted by Crippen LogP contribution is -2.23. The summed E-state index contributed by atoms with van der Waals surface area (Å²) in [5, 5.41) is 0. The third kappa shape index (κ3) is 2.02. The Kier molecular flexibility index (Phi) is 2.21. The van der Waals surface area contributed by atoms with Crippen molar-refractivity contribution in [3.8, 4) is 0 Å². The minimum absolute atomic E-state index is 1.30. The Morgan fingerprint density at radius 1 is 1.10 bits per heavy atom. The van der Waals surface area contributed by atoms with E-state index < -0.39 is 0 Å². The van der Waals surface area contributed by atoms with Gasteiger partial charge >= 0.3 is 0 Å². The maximum Gasteiger partial charge on any atom is 0.174 e. The molecule has 0 aliphatic heterocycles. The number of nitrogens with zero attached hydrogens (tertiary/aromatic N) is 1. The summed E-state index contributed by atoms with van der Waals surface area (Å²) >= 11 is 0. The van der Waals surface area contributed by atoms with Crippen LogP contribution in [-0.4, -0.2) is 0 Å². The first-order valence-electron chi connectivity index (χ1n) is 3.40. The molecule has 0 spiro atoms. The summed E-state index contributed by atoms with van der Waals surface area (Å²) in [5.74, 6) is 0. The fraction of sp³-hybridized carbons (Fsp3) is 0.222. The van der Waals surface area contributed by atoms with Crippen LogP contribution in [0, 0.1) is 0 Å². The molecule has 0 aliphatic rings. The van der Waals surface area contributed by atoms with Crippen molar-refractivity contribution in [3.63, 3.8) is 0 Å². The zero-order valence-electron chi connectivity index (χ0n) is 6.41. The molecule has 1 heterocycles. The second kappa shape index (κ2) is 3.16. The van der Waals surface area contributed by atoms with Crippen molar-refractivity contribution in [1.29, 1.82) is 0 Å². The van der Waals surface area contributed by atoms with Crippen molar-refractivity contribution in [1.82, 2.24) is 0 Å². The van der Waals surface area contributed by atoms with Crippen LogP contribution in [0.25, 0.3) is 6.20 Å². The highest BCUT2D eigenvalue weighted by atomic mass is 14.9. The third-order valence-electron chi connectivity index (χ3n) is 1.15. The van der Waals surface area contributed by atoms with E-state index in [9.17, 15) is 0 Å². The van der Waals surface area contributed by atoms with Gasteiger partial charge in [-0.3, -0.25) is 0 Å². The summed E-state index contributed by atoms with van der Waals surface area (Å²) in [6.45, 7) is 4.17. The smallest absolute Gasteiger partial charge is 0.174 e. The van der Waals surface area contributed by atoms with E-state index in [1.54, 1.807) is 0 Å². The Morgan fingerprint density at radius 3 is 2.20 bits per heavy atom. The first-order chi connectivity index (χ1) is 4.79. The number of hydrogen-bond acceptors (Lipinski definition) is 0. The molecule has 0 saturated carbocycles. The monoisotopic (exact) mass is 134 g/mol. The van der Waals surface area contributed by atoms with Crippen molar-refractivity contribution in [2.24, 2.45) is 0 Å². The highest BCUT2D eigenvalue weighted by Crippen LogP contribution is 1.86. The van der Waals surface area contributed by atoms with Crippen LogP contribution in [0.3, 0.4) is 0 Å². The van der Waals surface area contributed by atoms with E-state index in [1.807, 2.05) is 35.2 Å². The first kappa shape index (κ1) is 7.00. The molecule has 1 aromatic rings. The van der Waals surface area contributed by atoms with E-state index in [-0.39, 0.29) is 0 Å². The van der Waals surface area contributed by atoms with Crippen molar-refractivity contribution in [2.45, 2.75) is 13.8 Å². The molecular weight excluding hydrogens is 122 g/mol. The molecule has 0 bridgehead atoms. The Balaban J connectivity index is 2.87. The Bertz CT molecular complexity index is 220. The van der Waals surface area contributed by atoms with Crippen LogP contribution in [0.15, 0.2) is 36.2 Å². The molecule has 0 unspecified atom stereocenters. The lowest BCUT2D eigenvalue weighted by molar-refractivity contribution is -0.568. The molecular formula is C9H12N+. The molecule has 0 fully saturated rings. The highest BCUT2D eigenvalue weighted by Gasteiger charge is 1.89. The molecule has 1 aromatic heterocycles. The Labute approximate surface area is 61.6 Å². The van der Waals surface area contributed by atoms with Crippen LogP contribution >= 0.6 is 0 Å². The molecule has 10 heavy (non-hydrogen) atoms. The molecule has 1 rings (SSSR count). The van der Waals surface area contributed by atoms with E-state index in [0.717, 1.165) is 0 Å². The SMILES string of the molecule is CC(C)=C[n+]1ccccc1. The first-order valence-corrected chi connectivity index (χ1v) is 3.40. The van der Waals surface area contributed by atoms with Crippen LogP contribution in [0.5, 0.6) is 0 Å². The van der Waals surface area contributed by atoms with Gasteiger partial charge in [-0.1, -0.05) is 6.07 Å². The minimum atomic E-state index is 1.30. The summed E-state index contributed by atoms with van der Waals surface area (Å²) in [6, 6.07) is 6.04. The van der Waals surface area contributed by atoms with Gasteiger partial charge in [-0.05, 0) is 19.4 Å². The lowest BCUT2D eigenvalue weighted by atomic mass is 10.4. The maximum absolute atomic E-state index is 2.08. The number of hydrogen-bond donors (Lipinski definition) is 0. The third-order valence-corrected chi connectivity index (χ3v) is 1.15. The van der Waals surface area contributed by atoms with Crippen LogP contribution < -0.4 is 4.57 Å². The van der Waals surface area contributed by atoms with Crippen LogP contribution in [0.1, 0.15) is 13.8 Å². The molecule has 52 valence electrons. The largest absolute Gasteiger partial charge is 0.174 e. The molecule has 0 N–H and O–H groups in total. The molecule has 0 aliphatic carbocycles. The van der Waals surface area contributed by atoms with Crippen LogP contribution in [0.4, 0.5) is 0 Å². The van der Waals surface area contributed by atoms with E-state index in [0.29, 0.717) is 0 Å². The Morgan fingerprint density at radius 2 is 1.70 bits per heavy atom. The number of aromatic nitrogens is 1. The number of allylic oxidation sites excluding steroid dienone is 1. The van der Waals surface area contributed by atoms with Gasteiger partial charge in [0.2, 0.25) is 0 Å². The van der Waals surface area contributed by atoms with Crippen molar-refractivity contribution < 1.29 is 4.57 Å². The zero-order chi connectivity index (χ0) is 7.40. The summed E-state index contributed by atoms with van der Waals surface area (Å²) in [7, 11) is 0. The summed E-state index contributed by atoms with van der Waals surface area (Å²) in [6.07, 6.45) is 6.12. The van der Waals surface area contributed by atoms with Gasteiger partial charge in [-0.25, -0.2) is 0 Å². The van der Waals surface area contributed by atoms with E-state index in [1.165, 1.54) is 5.57 Å². The summed E-state index contributed by atoms with van der Waals surface area (Å²) in [5.41, 5.74) is 1.30. The number of pyridine rings is 1. The average molecular weight is 134 g/mol. The van der Waals surface area contributed by atoms with Gasteiger partial charge in [0.05, 0.1) is 0 Å². The fourth-order valence-electron chi connectivity index (χ4n) is 0.796. The predicted molar refractivity (Wildman–Crippen MR) is 42.3 cm³/mol. The molecule has 0 amide bonds. The van der Waals surface area contributed by atoms with Gasteiger partial charge in [0.1, 0.15) is 0 Å². The highest BCUT2D eigenvalue weighted by molar-refractivity contribution is 5.14. The van der Waals surface area contributed by atoms with E-state index in [4.69, 9.17) is 0 Å². The van der Waals surface area contributed by atoms with Gasteiger partial charge in [-0.15, -0.1) is 0 Å². The lowest BCUT2D eigenvalue weighted by Gasteiger charge is -1.85. The van der Waals surface area contributed by atoms with Crippen molar-refractivity contribution in [3.05, 3.63) is 36.2 Å². The normalized spacial score (nSPS) is 9.00. The van der Waals surface area contributed by atoms with Gasteiger partial charge < -0.3 is 0 Å². The van der Waals surface area contributed by atoms with Gasteiger partial charge in [0, 0.05) is 12.1 Å². The number of rotatable bonds is 1. The van der Waals surface area contributed by atoms with Gasteiger partial charge in [0.25, 0.3) is 0 Å². The van der Waals surface area contributed by atoms with Crippen LogP contribution in [0.2, 0.25) is 0 Å². The maximum atomic E-state index is 2.08. The fourth-order valence-corrected chi connectivity index (χ4v) is 0.796. The molecule has 0 radical (unpaired) electrons. The van der Waals surface area contributed by atoms with Crippen molar-refractivity contribution >= 4 is 6.20 Å². The van der Waals surface area contributed by atoms with Crippen molar-refractivity contribution in [2.75, 3.05) is 0 Å². The van der Waals surface area contributed by atoms with E-state index in [2.05, 4.69) is 20.0 Å². The molecule has 0 saturated heterocycles. The van der Waals surface area contributed by atoms with E-state index >= 15 is 0 Å². The van der Waals surface area contributed by atoms with Gasteiger partial charge in [-0.2, -0.15) is 4.57 Å². The molecule has 1 nitrogen and oxygen atoms in total. The summed E-state index contributed by atoms with van der Waals surface area (Å²) < 4.78 is 2.04. The Hall–Kier alpha value is -1.11. The van der Waals surface area contributed by atoms with Gasteiger partial charge in [0.15, 0.2) is 18.6 Å². The second-order valence-corrected chi connectivity index (χ2v) is 2.53.